The van der Waals surface area contributed by atoms with E-state index in [9.17, 15) is 4.79 Å². The smallest absolute Gasteiger partial charge is 0.343 e. The summed E-state index contributed by atoms with van der Waals surface area (Å²) in [4.78, 5) is 12.3. The summed E-state index contributed by atoms with van der Waals surface area (Å²) >= 11 is 5.24. The molecule has 0 radical (unpaired) electrons. The van der Waals surface area contributed by atoms with Crippen molar-refractivity contribution in [2.24, 2.45) is 5.10 Å². The first kappa shape index (κ1) is 23.0. The van der Waals surface area contributed by atoms with Crippen LogP contribution in [-0.2, 0) is 0 Å². The summed E-state index contributed by atoms with van der Waals surface area (Å²) in [5.41, 5.74) is 6.10. The van der Waals surface area contributed by atoms with Crippen molar-refractivity contribution >= 4 is 35.2 Å². The van der Waals surface area contributed by atoms with E-state index in [1.807, 2.05) is 38.1 Å². The van der Waals surface area contributed by atoms with Crippen LogP contribution in [0.4, 0.5) is 5.69 Å². The van der Waals surface area contributed by atoms with Crippen molar-refractivity contribution in [1.29, 1.82) is 0 Å². The first-order valence-electron chi connectivity index (χ1n) is 10.3. The van der Waals surface area contributed by atoms with Crippen molar-refractivity contribution in [3.63, 3.8) is 0 Å². The van der Waals surface area contributed by atoms with Crippen LogP contribution in [0.2, 0.25) is 0 Å². The number of nitrogens with zero attached hydrogens (tertiary/aromatic N) is 1. The minimum Gasteiger partial charge on any atom is -0.494 e. The minimum absolute atomic E-state index is 0.392. The zero-order chi connectivity index (χ0) is 22.8. The van der Waals surface area contributed by atoms with Crippen LogP contribution in [0.3, 0.4) is 0 Å². The van der Waals surface area contributed by atoms with E-state index in [2.05, 4.69) is 15.8 Å². The molecule has 0 fully saturated rings. The van der Waals surface area contributed by atoms with Gasteiger partial charge in [-0.1, -0.05) is 19.1 Å². The second-order valence-electron chi connectivity index (χ2n) is 7.03. The van der Waals surface area contributed by atoms with E-state index in [4.69, 9.17) is 21.7 Å². The van der Waals surface area contributed by atoms with Crippen molar-refractivity contribution in [1.82, 2.24) is 5.43 Å². The first-order chi connectivity index (χ1) is 15.5. The van der Waals surface area contributed by atoms with Crippen molar-refractivity contribution in [2.75, 3.05) is 11.9 Å². The predicted octanol–water partition coefficient (Wildman–Crippen LogP) is 5.32. The van der Waals surface area contributed by atoms with Gasteiger partial charge in [0.15, 0.2) is 5.11 Å². The van der Waals surface area contributed by atoms with Gasteiger partial charge in [0.25, 0.3) is 0 Å². The molecule has 0 atom stereocenters. The number of hydrogen-bond acceptors (Lipinski definition) is 5. The number of carbonyl (C=O) groups excluding carboxylic acids is 1. The van der Waals surface area contributed by atoms with Gasteiger partial charge in [-0.25, -0.2) is 4.79 Å². The Kier molecular flexibility index (Phi) is 8.34. The SMILES string of the molecule is CCCOc1ccc(C(=O)Oc2ccc(C=NNC(=S)Nc3cccc(C)c3)cc2)cc1. The van der Waals surface area contributed by atoms with E-state index >= 15 is 0 Å². The Bertz CT molecular complexity index is 1080. The molecule has 164 valence electrons. The molecule has 0 heterocycles. The highest BCUT2D eigenvalue weighted by Crippen LogP contribution is 2.16. The molecular weight excluding hydrogens is 422 g/mol. The number of aryl methyl sites for hydroxylation is 1. The number of hydrazone groups is 1. The Labute approximate surface area is 193 Å². The molecule has 0 saturated heterocycles. The van der Waals surface area contributed by atoms with Gasteiger partial charge in [-0.15, -0.1) is 0 Å². The maximum atomic E-state index is 12.3. The summed E-state index contributed by atoms with van der Waals surface area (Å²) < 4.78 is 10.9. The van der Waals surface area contributed by atoms with Gasteiger partial charge in [-0.05, 0) is 97.4 Å². The lowest BCUT2D eigenvalue weighted by atomic mass is 10.2. The number of anilines is 1. The lowest BCUT2D eigenvalue weighted by Crippen LogP contribution is -2.23. The van der Waals surface area contributed by atoms with Crippen molar-refractivity contribution < 1.29 is 14.3 Å². The third-order valence-corrected chi connectivity index (χ3v) is 4.50. The second kappa shape index (κ2) is 11.6. The maximum Gasteiger partial charge on any atom is 0.343 e. The standard InChI is InChI=1S/C25H25N3O3S/c1-3-15-30-22-13-9-20(10-14-22)24(29)31-23-11-7-19(8-12-23)17-26-28-25(32)27-21-6-4-5-18(2)16-21/h4-14,16-17H,3,15H2,1-2H3,(H2,27,28,32). The first-order valence-corrected chi connectivity index (χ1v) is 10.7. The highest BCUT2D eigenvalue weighted by Gasteiger charge is 2.09. The molecule has 2 N–H and O–H groups in total. The molecule has 0 aromatic heterocycles. The number of ether oxygens (including phenoxy) is 2. The maximum absolute atomic E-state index is 12.3. The molecule has 32 heavy (non-hydrogen) atoms. The number of thiocarbonyl (C=S) groups is 1. The summed E-state index contributed by atoms with van der Waals surface area (Å²) in [7, 11) is 0. The molecule has 0 bridgehead atoms. The molecule has 6 nitrogen and oxygen atoms in total. The molecule has 0 aliphatic heterocycles. The third-order valence-electron chi connectivity index (χ3n) is 4.31. The number of rotatable bonds is 8. The molecule has 3 aromatic rings. The predicted molar refractivity (Wildman–Crippen MR) is 132 cm³/mol. The minimum atomic E-state index is -0.428. The fourth-order valence-corrected chi connectivity index (χ4v) is 2.91. The van der Waals surface area contributed by atoms with Gasteiger partial charge in [0, 0.05) is 5.69 Å². The fraction of sp³-hybridized carbons (Fsp3) is 0.160. The third kappa shape index (κ3) is 7.21. The fourth-order valence-electron chi connectivity index (χ4n) is 2.74. The van der Waals surface area contributed by atoms with Crippen molar-refractivity contribution in [3.8, 4) is 11.5 Å². The molecule has 0 unspecified atom stereocenters. The van der Waals surface area contributed by atoms with E-state index in [0.29, 0.717) is 23.0 Å². The van der Waals surface area contributed by atoms with Gasteiger partial charge in [0.05, 0.1) is 18.4 Å². The summed E-state index contributed by atoms with van der Waals surface area (Å²) in [5.74, 6) is 0.750. The quantitative estimate of drug-likeness (QED) is 0.160. The molecular formula is C25H25N3O3S. The van der Waals surface area contributed by atoms with Gasteiger partial charge in [0.2, 0.25) is 0 Å². The molecule has 0 spiro atoms. The Balaban J connectivity index is 1.48. The zero-order valence-electron chi connectivity index (χ0n) is 18.0. The van der Waals surface area contributed by atoms with Gasteiger partial charge in [0.1, 0.15) is 11.5 Å². The molecule has 3 aromatic carbocycles. The summed E-state index contributed by atoms with van der Waals surface area (Å²) in [6.07, 6.45) is 2.56. The summed E-state index contributed by atoms with van der Waals surface area (Å²) in [6, 6.07) is 21.8. The van der Waals surface area contributed by atoms with E-state index in [0.717, 1.165) is 29.0 Å². The number of benzene rings is 3. The van der Waals surface area contributed by atoms with Gasteiger partial charge >= 0.3 is 5.97 Å². The molecule has 0 amide bonds. The van der Waals surface area contributed by atoms with Gasteiger partial charge < -0.3 is 14.8 Å². The number of carbonyl (C=O) groups is 1. The molecule has 0 aliphatic rings. The number of esters is 1. The largest absolute Gasteiger partial charge is 0.494 e. The zero-order valence-corrected chi connectivity index (χ0v) is 18.8. The van der Waals surface area contributed by atoms with E-state index < -0.39 is 5.97 Å². The second-order valence-corrected chi connectivity index (χ2v) is 7.43. The van der Waals surface area contributed by atoms with Crippen LogP contribution in [-0.4, -0.2) is 23.9 Å². The molecule has 3 rings (SSSR count). The lowest BCUT2D eigenvalue weighted by molar-refractivity contribution is 0.0734. The topological polar surface area (TPSA) is 72.0 Å². The van der Waals surface area contributed by atoms with Gasteiger partial charge in [-0.3, -0.25) is 5.43 Å². The van der Waals surface area contributed by atoms with Crippen LogP contribution in [0.1, 0.15) is 34.8 Å². The van der Waals surface area contributed by atoms with Crippen LogP contribution in [0.15, 0.2) is 77.9 Å². The average Bonchev–Trinajstić information content (AvgIpc) is 2.79. The van der Waals surface area contributed by atoms with Crippen molar-refractivity contribution in [3.05, 3.63) is 89.5 Å². The highest BCUT2D eigenvalue weighted by molar-refractivity contribution is 7.80. The van der Waals surface area contributed by atoms with E-state index in [1.54, 1.807) is 54.7 Å². The summed E-state index contributed by atoms with van der Waals surface area (Å²) in [5, 5.41) is 7.59. The Morgan fingerprint density at radius 3 is 2.44 bits per heavy atom. The van der Waals surface area contributed by atoms with Crippen LogP contribution < -0.4 is 20.2 Å². The van der Waals surface area contributed by atoms with E-state index in [1.165, 1.54) is 0 Å². The number of nitrogens with one attached hydrogen (secondary N) is 2. The average molecular weight is 448 g/mol. The van der Waals surface area contributed by atoms with Crippen molar-refractivity contribution in [2.45, 2.75) is 20.3 Å². The molecule has 7 heteroatoms. The number of hydrogen-bond donors (Lipinski definition) is 2. The Morgan fingerprint density at radius 1 is 1.03 bits per heavy atom. The molecule has 0 saturated carbocycles. The van der Waals surface area contributed by atoms with Crippen LogP contribution >= 0.6 is 12.2 Å². The van der Waals surface area contributed by atoms with E-state index in [-0.39, 0.29) is 0 Å². The normalized spacial score (nSPS) is 10.6. The Morgan fingerprint density at radius 2 is 1.75 bits per heavy atom. The highest BCUT2D eigenvalue weighted by atomic mass is 32.1. The molecule has 0 aliphatic carbocycles. The van der Waals surface area contributed by atoms with Crippen LogP contribution in [0.25, 0.3) is 0 Å². The lowest BCUT2D eigenvalue weighted by Gasteiger charge is -2.08. The monoisotopic (exact) mass is 447 g/mol. The Hall–Kier alpha value is -3.71. The van der Waals surface area contributed by atoms with Gasteiger partial charge in [-0.2, -0.15) is 5.10 Å². The summed E-state index contributed by atoms with van der Waals surface area (Å²) in [6.45, 7) is 4.70. The van der Waals surface area contributed by atoms with Crippen LogP contribution in [0.5, 0.6) is 11.5 Å². The van der Waals surface area contributed by atoms with Crippen LogP contribution in [0, 0.1) is 6.92 Å².